The zero-order valence-corrected chi connectivity index (χ0v) is 16.3. The lowest BCUT2D eigenvalue weighted by atomic mass is 10.1. The Morgan fingerprint density at radius 2 is 2.00 bits per heavy atom. The summed E-state index contributed by atoms with van der Waals surface area (Å²) >= 11 is 0. The lowest BCUT2D eigenvalue weighted by molar-refractivity contribution is -0.384. The van der Waals surface area contributed by atoms with Crippen molar-refractivity contribution in [3.8, 4) is 11.4 Å². The lowest BCUT2D eigenvalue weighted by Crippen LogP contribution is -2.21. The topological polar surface area (TPSA) is 146 Å². The van der Waals surface area contributed by atoms with Crippen molar-refractivity contribution in [2.75, 3.05) is 18.6 Å². The standard InChI is InChI=1S/C18H19N5O5S/c1-28-16-7-5-12(6-8-16)9-15(24)11-29(27)18-21-20-17(19)22(18)13-3-2-4-14(10-13)23(25)26/h2-8,10,15,24H,9,11H2,1H3,(H2,19,20)/t15-,29?/m0/s1. The number of hydrogen-bond donors (Lipinski definition) is 2. The molecule has 1 aromatic heterocycles. The molecule has 0 saturated carbocycles. The van der Waals surface area contributed by atoms with Crippen LogP contribution in [0.5, 0.6) is 5.75 Å². The molecule has 152 valence electrons. The maximum atomic E-state index is 12.8. The molecule has 0 aliphatic heterocycles. The summed E-state index contributed by atoms with van der Waals surface area (Å²) in [5, 5.41) is 28.9. The summed E-state index contributed by atoms with van der Waals surface area (Å²) < 4.78 is 19.2. The van der Waals surface area contributed by atoms with Crippen LogP contribution in [0.1, 0.15) is 5.56 Å². The molecule has 2 aromatic carbocycles. The van der Waals surface area contributed by atoms with E-state index < -0.39 is 21.8 Å². The molecular weight excluding hydrogens is 398 g/mol. The highest BCUT2D eigenvalue weighted by Gasteiger charge is 2.21. The number of nitro benzene ring substituents is 1. The van der Waals surface area contributed by atoms with Crippen LogP contribution in [0, 0.1) is 10.1 Å². The molecule has 0 saturated heterocycles. The summed E-state index contributed by atoms with van der Waals surface area (Å²) in [5.41, 5.74) is 6.85. The fourth-order valence-corrected chi connectivity index (χ4v) is 3.91. The highest BCUT2D eigenvalue weighted by atomic mass is 32.2. The summed E-state index contributed by atoms with van der Waals surface area (Å²) in [6, 6.07) is 12.9. The Bertz CT molecular complexity index is 1040. The quantitative estimate of drug-likeness (QED) is 0.414. The third-order valence-corrected chi connectivity index (χ3v) is 5.49. The first-order valence-electron chi connectivity index (χ1n) is 8.54. The molecule has 0 bridgehead atoms. The van der Waals surface area contributed by atoms with Crippen LogP contribution in [0.4, 0.5) is 11.6 Å². The van der Waals surface area contributed by atoms with Gasteiger partial charge in [0.2, 0.25) is 11.1 Å². The van der Waals surface area contributed by atoms with Gasteiger partial charge in [0.05, 0.1) is 40.4 Å². The van der Waals surface area contributed by atoms with E-state index in [-0.39, 0.29) is 29.0 Å². The van der Waals surface area contributed by atoms with Crippen molar-refractivity contribution in [1.29, 1.82) is 0 Å². The number of nitrogens with two attached hydrogens (primary N) is 1. The van der Waals surface area contributed by atoms with Crippen LogP contribution in [-0.2, 0) is 17.2 Å². The first kappa shape index (κ1) is 20.4. The van der Waals surface area contributed by atoms with Crippen LogP contribution in [0.15, 0.2) is 53.7 Å². The summed E-state index contributed by atoms with van der Waals surface area (Å²) in [7, 11) is -0.171. The van der Waals surface area contributed by atoms with E-state index in [1.54, 1.807) is 25.3 Å². The molecule has 1 unspecified atom stereocenters. The maximum Gasteiger partial charge on any atom is 0.271 e. The summed E-state index contributed by atoms with van der Waals surface area (Å²) in [5.74, 6) is 0.546. The number of benzene rings is 2. The Hall–Kier alpha value is -3.31. The highest BCUT2D eigenvalue weighted by Crippen LogP contribution is 2.22. The number of anilines is 1. The van der Waals surface area contributed by atoms with Crippen molar-refractivity contribution in [3.63, 3.8) is 0 Å². The van der Waals surface area contributed by atoms with Crippen LogP contribution < -0.4 is 10.5 Å². The second-order valence-corrected chi connectivity index (χ2v) is 7.56. The normalized spacial score (nSPS) is 13.0. The molecule has 11 heteroatoms. The number of aliphatic hydroxyl groups is 1. The molecule has 10 nitrogen and oxygen atoms in total. The van der Waals surface area contributed by atoms with E-state index in [1.165, 1.54) is 22.8 Å². The number of nitrogens with zero attached hydrogens (tertiary/aromatic N) is 4. The van der Waals surface area contributed by atoms with Gasteiger partial charge in [-0.3, -0.25) is 18.9 Å². The van der Waals surface area contributed by atoms with Gasteiger partial charge in [-0.05, 0) is 30.2 Å². The van der Waals surface area contributed by atoms with Crippen molar-refractivity contribution >= 4 is 22.4 Å². The summed E-state index contributed by atoms with van der Waals surface area (Å²) in [4.78, 5) is 10.5. The fraction of sp³-hybridized carbons (Fsp3) is 0.222. The Kier molecular flexibility index (Phi) is 6.20. The largest absolute Gasteiger partial charge is 0.497 e. The van der Waals surface area contributed by atoms with Crippen molar-refractivity contribution < 1.29 is 19.0 Å². The van der Waals surface area contributed by atoms with E-state index in [0.717, 1.165) is 5.56 Å². The minimum Gasteiger partial charge on any atom is -0.497 e. The van der Waals surface area contributed by atoms with Gasteiger partial charge in [0.1, 0.15) is 5.75 Å². The molecule has 0 fully saturated rings. The SMILES string of the molecule is COc1ccc(C[C@H](O)CS(=O)c2nnc(N)n2-c2cccc([N+](=O)[O-])c2)cc1. The Balaban J connectivity index is 1.77. The molecule has 3 aromatic rings. The van der Waals surface area contributed by atoms with Crippen LogP contribution in [-0.4, -0.2) is 48.0 Å². The third-order valence-electron chi connectivity index (χ3n) is 4.13. The zero-order chi connectivity index (χ0) is 21.0. The molecule has 0 aliphatic carbocycles. The van der Waals surface area contributed by atoms with Gasteiger partial charge >= 0.3 is 0 Å². The first-order chi connectivity index (χ1) is 13.9. The number of ether oxygens (including phenoxy) is 1. The smallest absolute Gasteiger partial charge is 0.271 e. The zero-order valence-electron chi connectivity index (χ0n) is 15.5. The second-order valence-electron chi connectivity index (χ2n) is 6.17. The number of nitrogen functional groups attached to an aromatic ring is 1. The molecule has 29 heavy (non-hydrogen) atoms. The van der Waals surface area contributed by atoms with Crippen molar-refractivity contribution in [1.82, 2.24) is 14.8 Å². The van der Waals surface area contributed by atoms with Crippen LogP contribution >= 0.6 is 0 Å². The number of methoxy groups -OCH3 is 1. The molecule has 3 rings (SSSR count). The monoisotopic (exact) mass is 417 g/mol. The number of nitro groups is 1. The minimum absolute atomic E-state index is 0.0109. The molecule has 0 aliphatic rings. The highest BCUT2D eigenvalue weighted by molar-refractivity contribution is 7.84. The maximum absolute atomic E-state index is 12.8. The molecular formula is C18H19N5O5S. The predicted molar refractivity (Wildman–Crippen MR) is 106 cm³/mol. The van der Waals surface area contributed by atoms with E-state index in [9.17, 15) is 19.4 Å². The predicted octanol–water partition coefficient (Wildman–Crippen LogP) is 1.48. The van der Waals surface area contributed by atoms with Gasteiger partial charge in [0.25, 0.3) is 5.69 Å². The van der Waals surface area contributed by atoms with Crippen LogP contribution in [0.3, 0.4) is 0 Å². The third kappa shape index (κ3) is 4.76. The van der Waals surface area contributed by atoms with Gasteiger partial charge in [0.15, 0.2) is 0 Å². The first-order valence-corrected chi connectivity index (χ1v) is 9.86. The van der Waals surface area contributed by atoms with E-state index in [0.29, 0.717) is 11.4 Å². The van der Waals surface area contributed by atoms with E-state index in [1.807, 2.05) is 12.1 Å². The van der Waals surface area contributed by atoms with Gasteiger partial charge in [-0.2, -0.15) is 0 Å². The minimum atomic E-state index is -1.74. The number of rotatable bonds is 8. The molecule has 1 heterocycles. The van der Waals surface area contributed by atoms with Gasteiger partial charge < -0.3 is 15.6 Å². The van der Waals surface area contributed by atoms with Crippen molar-refractivity contribution in [2.24, 2.45) is 0 Å². The van der Waals surface area contributed by atoms with E-state index >= 15 is 0 Å². The van der Waals surface area contributed by atoms with Gasteiger partial charge in [0, 0.05) is 12.1 Å². The lowest BCUT2D eigenvalue weighted by Gasteiger charge is -2.12. The number of hydrogen-bond acceptors (Lipinski definition) is 8. The molecule has 3 N–H and O–H groups in total. The summed E-state index contributed by atoms with van der Waals surface area (Å²) in [6.45, 7) is 0. The van der Waals surface area contributed by atoms with Crippen molar-refractivity contribution in [2.45, 2.75) is 17.7 Å². The second kappa shape index (κ2) is 8.80. The Morgan fingerprint density at radius 1 is 1.28 bits per heavy atom. The number of aliphatic hydroxyl groups excluding tert-OH is 1. The van der Waals surface area contributed by atoms with E-state index in [2.05, 4.69) is 10.2 Å². The summed E-state index contributed by atoms with van der Waals surface area (Å²) in [6.07, 6.45) is -0.614. The Morgan fingerprint density at radius 3 is 2.66 bits per heavy atom. The Labute approximate surface area is 168 Å². The van der Waals surface area contributed by atoms with Crippen LogP contribution in [0.25, 0.3) is 5.69 Å². The van der Waals surface area contributed by atoms with Gasteiger partial charge in [-0.15, -0.1) is 10.2 Å². The van der Waals surface area contributed by atoms with E-state index in [4.69, 9.17) is 10.5 Å². The fourth-order valence-electron chi connectivity index (χ4n) is 2.76. The average Bonchev–Trinajstić information content (AvgIpc) is 3.10. The number of non-ortho nitro benzene ring substituents is 1. The number of aromatic nitrogens is 3. The molecule has 2 atom stereocenters. The molecule has 0 amide bonds. The molecule has 0 spiro atoms. The molecule has 0 radical (unpaired) electrons. The van der Waals surface area contributed by atoms with Crippen LogP contribution in [0.2, 0.25) is 0 Å². The van der Waals surface area contributed by atoms with Crippen molar-refractivity contribution in [3.05, 3.63) is 64.2 Å². The van der Waals surface area contributed by atoms with Gasteiger partial charge in [-0.1, -0.05) is 18.2 Å². The average molecular weight is 417 g/mol. The van der Waals surface area contributed by atoms with Gasteiger partial charge in [-0.25, -0.2) is 0 Å².